The van der Waals surface area contributed by atoms with Gasteiger partial charge in [0.15, 0.2) is 5.96 Å². The second kappa shape index (κ2) is 8.82. The Bertz CT molecular complexity index is 320. The number of carbonyl (C=O) groups is 1. The summed E-state index contributed by atoms with van der Waals surface area (Å²) in [6, 6.07) is 0. The highest BCUT2D eigenvalue weighted by atomic mass is 16.1. The Balaban J connectivity index is 2.60. The lowest BCUT2D eigenvalue weighted by Crippen LogP contribution is -2.48. The van der Waals surface area contributed by atoms with Crippen LogP contribution in [-0.4, -0.2) is 49.5 Å². The Morgan fingerprint density at radius 3 is 2.40 bits per heavy atom. The number of nitrogens with one attached hydrogen (secondary N) is 2. The van der Waals surface area contributed by atoms with Crippen molar-refractivity contribution in [1.82, 2.24) is 15.5 Å². The van der Waals surface area contributed by atoms with Gasteiger partial charge in [0.1, 0.15) is 6.54 Å². The van der Waals surface area contributed by atoms with Crippen LogP contribution >= 0.6 is 0 Å². The van der Waals surface area contributed by atoms with Crippen LogP contribution in [0.2, 0.25) is 0 Å². The predicted molar refractivity (Wildman–Crippen MR) is 83.8 cm³/mol. The average Bonchev–Trinajstić information content (AvgIpc) is 2.40. The molecule has 20 heavy (non-hydrogen) atoms. The summed E-state index contributed by atoms with van der Waals surface area (Å²) in [5, 5.41) is 6.16. The molecular weight excluding hydrogens is 252 g/mol. The van der Waals surface area contributed by atoms with Crippen molar-refractivity contribution >= 4 is 11.9 Å². The number of hydrogen-bond donors (Lipinski definition) is 2. The summed E-state index contributed by atoms with van der Waals surface area (Å²) in [6.07, 6.45) is 2.23. The largest absolute Gasteiger partial charge is 0.357 e. The fourth-order valence-corrected chi connectivity index (χ4v) is 2.73. The van der Waals surface area contributed by atoms with Gasteiger partial charge in [0.2, 0.25) is 5.91 Å². The minimum Gasteiger partial charge on any atom is -0.357 e. The highest BCUT2D eigenvalue weighted by Crippen LogP contribution is 2.20. The molecule has 0 aliphatic carbocycles. The smallest absolute Gasteiger partial charge is 0.241 e. The molecule has 1 aliphatic heterocycles. The molecule has 2 unspecified atom stereocenters. The fourth-order valence-electron chi connectivity index (χ4n) is 2.73. The van der Waals surface area contributed by atoms with E-state index in [-0.39, 0.29) is 12.5 Å². The number of nitrogens with zero attached hydrogens (tertiary/aromatic N) is 2. The highest BCUT2D eigenvalue weighted by molar-refractivity contribution is 5.85. The first-order chi connectivity index (χ1) is 9.56. The van der Waals surface area contributed by atoms with Gasteiger partial charge in [-0.15, -0.1) is 0 Å². The van der Waals surface area contributed by atoms with Gasteiger partial charge in [-0.3, -0.25) is 4.79 Å². The molecule has 0 aromatic rings. The molecule has 1 rings (SSSR count). The van der Waals surface area contributed by atoms with Crippen molar-refractivity contribution in [3.05, 3.63) is 0 Å². The third-order valence-corrected chi connectivity index (χ3v) is 3.45. The molecule has 0 spiro atoms. The van der Waals surface area contributed by atoms with Crippen LogP contribution in [-0.2, 0) is 4.79 Å². The molecule has 2 N–H and O–H groups in total. The Labute approximate surface area is 123 Å². The molecule has 1 aliphatic rings. The summed E-state index contributed by atoms with van der Waals surface area (Å²) >= 11 is 0. The molecule has 1 saturated heterocycles. The van der Waals surface area contributed by atoms with Gasteiger partial charge in [0.05, 0.1) is 0 Å². The Kier molecular flexibility index (Phi) is 7.41. The van der Waals surface area contributed by atoms with E-state index in [1.165, 1.54) is 6.42 Å². The maximum Gasteiger partial charge on any atom is 0.241 e. The summed E-state index contributed by atoms with van der Waals surface area (Å²) < 4.78 is 0. The van der Waals surface area contributed by atoms with Gasteiger partial charge in [0, 0.05) is 26.2 Å². The third kappa shape index (κ3) is 5.80. The maximum absolute atomic E-state index is 11.7. The Hall–Kier alpha value is -1.26. The number of piperidine rings is 1. The molecule has 0 radical (unpaired) electrons. The van der Waals surface area contributed by atoms with E-state index in [9.17, 15) is 4.79 Å². The third-order valence-electron chi connectivity index (χ3n) is 3.45. The Morgan fingerprint density at radius 2 is 1.85 bits per heavy atom. The average molecular weight is 282 g/mol. The van der Waals surface area contributed by atoms with Crippen molar-refractivity contribution in [2.45, 2.75) is 40.5 Å². The SMILES string of the molecule is CCCNC(=O)CN=C(NCC)N1CC(C)CC(C)C1. The zero-order chi connectivity index (χ0) is 15.0. The lowest BCUT2D eigenvalue weighted by Gasteiger charge is -2.37. The second-order valence-corrected chi connectivity index (χ2v) is 5.87. The highest BCUT2D eigenvalue weighted by Gasteiger charge is 2.24. The van der Waals surface area contributed by atoms with Crippen LogP contribution in [0, 0.1) is 11.8 Å². The van der Waals surface area contributed by atoms with Gasteiger partial charge in [-0.2, -0.15) is 0 Å². The molecule has 5 nitrogen and oxygen atoms in total. The summed E-state index contributed by atoms with van der Waals surface area (Å²) in [5.41, 5.74) is 0. The van der Waals surface area contributed by atoms with Crippen molar-refractivity contribution < 1.29 is 4.79 Å². The molecule has 2 atom stereocenters. The number of amides is 1. The first kappa shape index (κ1) is 16.8. The molecule has 116 valence electrons. The number of carbonyl (C=O) groups excluding carboxylic acids is 1. The van der Waals surface area contributed by atoms with E-state index in [1.54, 1.807) is 0 Å². The van der Waals surface area contributed by atoms with Gasteiger partial charge >= 0.3 is 0 Å². The molecule has 1 heterocycles. The van der Waals surface area contributed by atoms with Gasteiger partial charge in [0.25, 0.3) is 0 Å². The van der Waals surface area contributed by atoms with Crippen LogP contribution in [0.15, 0.2) is 4.99 Å². The number of rotatable bonds is 5. The number of guanidine groups is 1. The minimum atomic E-state index is 0.000333. The maximum atomic E-state index is 11.7. The first-order valence-electron chi connectivity index (χ1n) is 7.86. The standard InChI is InChI=1S/C15H30N4O/c1-5-7-17-14(20)9-18-15(16-6-2)19-10-12(3)8-13(4)11-19/h12-13H,5-11H2,1-4H3,(H,16,18)(H,17,20). The zero-order valence-electron chi connectivity index (χ0n) is 13.4. The lowest BCUT2D eigenvalue weighted by atomic mass is 9.92. The van der Waals surface area contributed by atoms with Crippen molar-refractivity contribution in [3.63, 3.8) is 0 Å². The van der Waals surface area contributed by atoms with Crippen LogP contribution in [0.25, 0.3) is 0 Å². The summed E-state index contributed by atoms with van der Waals surface area (Å²) in [7, 11) is 0. The number of aliphatic imine (C=N–C) groups is 1. The molecule has 0 saturated carbocycles. The zero-order valence-corrected chi connectivity index (χ0v) is 13.4. The molecule has 1 amide bonds. The van der Waals surface area contributed by atoms with E-state index in [0.29, 0.717) is 11.8 Å². The Morgan fingerprint density at radius 1 is 1.20 bits per heavy atom. The molecule has 0 aromatic carbocycles. The molecule has 1 fully saturated rings. The van der Waals surface area contributed by atoms with Crippen LogP contribution in [0.3, 0.4) is 0 Å². The van der Waals surface area contributed by atoms with Crippen molar-refractivity contribution in [2.75, 3.05) is 32.7 Å². The molecule has 0 bridgehead atoms. The van der Waals surface area contributed by atoms with Gasteiger partial charge < -0.3 is 15.5 Å². The van der Waals surface area contributed by atoms with Crippen molar-refractivity contribution in [3.8, 4) is 0 Å². The molecular formula is C15H30N4O. The molecule has 5 heteroatoms. The van der Waals surface area contributed by atoms with E-state index in [0.717, 1.165) is 38.6 Å². The second-order valence-electron chi connectivity index (χ2n) is 5.87. The number of hydrogen-bond acceptors (Lipinski definition) is 2. The summed E-state index contributed by atoms with van der Waals surface area (Å²) in [5.74, 6) is 2.23. The van der Waals surface area contributed by atoms with Crippen LogP contribution in [0.5, 0.6) is 0 Å². The fraction of sp³-hybridized carbons (Fsp3) is 0.867. The van der Waals surface area contributed by atoms with E-state index in [2.05, 4.69) is 41.3 Å². The topological polar surface area (TPSA) is 56.7 Å². The van der Waals surface area contributed by atoms with Crippen LogP contribution < -0.4 is 10.6 Å². The predicted octanol–water partition coefficient (Wildman–Crippen LogP) is 1.46. The van der Waals surface area contributed by atoms with E-state index >= 15 is 0 Å². The lowest BCUT2D eigenvalue weighted by molar-refractivity contribution is -0.119. The summed E-state index contributed by atoms with van der Waals surface area (Å²) in [4.78, 5) is 18.4. The van der Waals surface area contributed by atoms with E-state index in [1.807, 2.05) is 6.92 Å². The quantitative estimate of drug-likeness (QED) is 0.593. The van der Waals surface area contributed by atoms with Crippen LogP contribution in [0.4, 0.5) is 0 Å². The summed E-state index contributed by atoms with van der Waals surface area (Å²) in [6.45, 7) is 12.5. The minimum absolute atomic E-state index is 0.000333. The number of likely N-dealkylation sites (tertiary alicyclic amines) is 1. The van der Waals surface area contributed by atoms with Gasteiger partial charge in [-0.1, -0.05) is 20.8 Å². The van der Waals surface area contributed by atoms with Crippen LogP contribution in [0.1, 0.15) is 40.5 Å². The van der Waals surface area contributed by atoms with E-state index < -0.39 is 0 Å². The van der Waals surface area contributed by atoms with Gasteiger partial charge in [-0.25, -0.2) is 4.99 Å². The molecule has 0 aromatic heterocycles. The van der Waals surface area contributed by atoms with E-state index in [4.69, 9.17) is 0 Å². The van der Waals surface area contributed by atoms with Crippen molar-refractivity contribution in [2.24, 2.45) is 16.8 Å². The first-order valence-corrected chi connectivity index (χ1v) is 7.86. The normalized spacial score (nSPS) is 23.6. The monoisotopic (exact) mass is 282 g/mol. The van der Waals surface area contributed by atoms with Crippen molar-refractivity contribution in [1.29, 1.82) is 0 Å². The van der Waals surface area contributed by atoms with Gasteiger partial charge in [-0.05, 0) is 31.6 Å².